The monoisotopic (exact) mass is 257 g/mol. The van der Waals surface area contributed by atoms with Crippen molar-refractivity contribution >= 4 is 0 Å². The standard InChI is InChI=1S/C17H23NO/c1-12(2)17(19)16-7-8-18(11-16)10-15-6-5-13(3)14(4)9-15/h5-9,11-12,17,19H,10H2,1-4H3. The number of aliphatic hydroxyl groups excluding tert-OH is 1. The highest BCUT2D eigenvalue weighted by Crippen LogP contribution is 2.22. The lowest BCUT2D eigenvalue weighted by molar-refractivity contribution is 0.127. The number of aryl methyl sites for hydroxylation is 2. The van der Waals surface area contributed by atoms with Gasteiger partial charge in [0.05, 0.1) is 6.10 Å². The van der Waals surface area contributed by atoms with E-state index in [1.54, 1.807) is 0 Å². The summed E-state index contributed by atoms with van der Waals surface area (Å²) in [4.78, 5) is 0. The second-order valence-corrected chi connectivity index (χ2v) is 5.72. The van der Waals surface area contributed by atoms with Crippen LogP contribution in [-0.2, 0) is 6.54 Å². The van der Waals surface area contributed by atoms with Crippen LogP contribution in [0.15, 0.2) is 36.7 Å². The molecule has 0 bridgehead atoms. The van der Waals surface area contributed by atoms with Crippen LogP contribution in [0.3, 0.4) is 0 Å². The molecule has 0 aliphatic carbocycles. The Balaban J connectivity index is 2.13. The van der Waals surface area contributed by atoms with E-state index in [9.17, 15) is 5.11 Å². The summed E-state index contributed by atoms with van der Waals surface area (Å²) in [7, 11) is 0. The summed E-state index contributed by atoms with van der Waals surface area (Å²) in [6.45, 7) is 9.19. The summed E-state index contributed by atoms with van der Waals surface area (Å²) >= 11 is 0. The SMILES string of the molecule is Cc1ccc(Cn2ccc(C(O)C(C)C)c2)cc1C. The Hall–Kier alpha value is -1.54. The largest absolute Gasteiger partial charge is 0.388 e. The fourth-order valence-corrected chi connectivity index (χ4v) is 2.23. The second kappa shape index (κ2) is 5.62. The molecule has 102 valence electrons. The molecule has 1 N–H and O–H groups in total. The van der Waals surface area contributed by atoms with Gasteiger partial charge in [0.15, 0.2) is 0 Å². The van der Waals surface area contributed by atoms with Gasteiger partial charge < -0.3 is 9.67 Å². The van der Waals surface area contributed by atoms with Gasteiger partial charge in [0.1, 0.15) is 0 Å². The van der Waals surface area contributed by atoms with Crippen molar-refractivity contribution in [1.82, 2.24) is 4.57 Å². The molecule has 0 aliphatic heterocycles. The van der Waals surface area contributed by atoms with Crippen molar-refractivity contribution in [1.29, 1.82) is 0 Å². The Labute approximate surface area is 115 Å². The van der Waals surface area contributed by atoms with Crippen LogP contribution in [0, 0.1) is 19.8 Å². The van der Waals surface area contributed by atoms with Crippen LogP contribution in [0.2, 0.25) is 0 Å². The van der Waals surface area contributed by atoms with Gasteiger partial charge in [0, 0.05) is 18.9 Å². The first-order valence-corrected chi connectivity index (χ1v) is 6.87. The second-order valence-electron chi connectivity index (χ2n) is 5.72. The molecule has 0 aliphatic rings. The van der Waals surface area contributed by atoms with E-state index in [-0.39, 0.29) is 12.0 Å². The van der Waals surface area contributed by atoms with Crippen molar-refractivity contribution in [2.24, 2.45) is 5.92 Å². The fourth-order valence-electron chi connectivity index (χ4n) is 2.23. The number of nitrogens with zero attached hydrogens (tertiary/aromatic N) is 1. The predicted molar refractivity (Wildman–Crippen MR) is 79.2 cm³/mol. The van der Waals surface area contributed by atoms with Crippen LogP contribution >= 0.6 is 0 Å². The minimum absolute atomic E-state index is 0.248. The van der Waals surface area contributed by atoms with Gasteiger partial charge in [-0.15, -0.1) is 0 Å². The molecule has 2 heteroatoms. The number of aromatic nitrogens is 1. The summed E-state index contributed by atoms with van der Waals surface area (Å²) in [5, 5.41) is 10.0. The number of hydrogen-bond donors (Lipinski definition) is 1. The first-order valence-electron chi connectivity index (χ1n) is 6.87. The average molecular weight is 257 g/mol. The molecule has 0 saturated carbocycles. The van der Waals surface area contributed by atoms with Gasteiger partial charge >= 0.3 is 0 Å². The molecule has 1 aromatic carbocycles. The van der Waals surface area contributed by atoms with E-state index in [1.165, 1.54) is 16.7 Å². The van der Waals surface area contributed by atoms with E-state index in [0.29, 0.717) is 0 Å². The van der Waals surface area contributed by atoms with Crippen LogP contribution in [0.25, 0.3) is 0 Å². The highest BCUT2D eigenvalue weighted by molar-refractivity contribution is 5.30. The Morgan fingerprint density at radius 2 is 1.84 bits per heavy atom. The van der Waals surface area contributed by atoms with Crippen LogP contribution in [0.4, 0.5) is 0 Å². The third-order valence-corrected chi connectivity index (χ3v) is 3.68. The first kappa shape index (κ1) is 13.9. The highest BCUT2D eigenvalue weighted by Gasteiger charge is 2.13. The minimum Gasteiger partial charge on any atom is -0.388 e. The zero-order valence-corrected chi connectivity index (χ0v) is 12.2. The van der Waals surface area contributed by atoms with Gasteiger partial charge in [0.2, 0.25) is 0 Å². The van der Waals surface area contributed by atoms with E-state index >= 15 is 0 Å². The van der Waals surface area contributed by atoms with E-state index in [2.05, 4.69) is 36.6 Å². The molecule has 19 heavy (non-hydrogen) atoms. The Morgan fingerprint density at radius 3 is 2.47 bits per heavy atom. The molecular formula is C17H23NO. The minimum atomic E-state index is -0.374. The molecule has 2 rings (SSSR count). The molecule has 2 nitrogen and oxygen atoms in total. The van der Waals surface area contributed by atoms with Crippen molar-refractivity contribution in [3.05, 3.63) is 58.9 Å². The lowest BCUT2D eigenvalue weighted by atomic mass is 10.0. The van der Waals surface area contributed by atoms with Gasteiger partial charge in [-0.2, -0.15) is 0 Å². The summed E-state index contributed by atoms with van der Waals surface area (Å²) < 4.78 is 2.13. The first-order chi connectivity index (χ1) is 8.97. The Bertz CT molecular complexity index is 554. The van der Waals surface area contributed by atoms with Crippen molar-refractivity contribution in [2.75, 3.05) is 0 Å². The fraction of sp³-hybridized carbons (Fsp3) is 0.412. The van der Waals surface area contributed by atoms with Gasteiger partial charge in [-0.05, 0) is 48.1 Å². The molecule has 0 amide bonds. The van der Waals surface area contributed by atoms with E-state index in [4.69, 9.17) is 0 Å². The lowest BCUT2D eigenvalue weighted by Gasteiger charge is -2.12. The molecule has 0 saturated heterocycles. The highest BCUT2D eigenvalue weighted by atomic mass is 16.3. The molecule has 0 spiro atoms. The third kappa shape index (κ3) is 3.27. The summed E-state index contributed by atoms with van der Waals surface area (Å²) in [5.74, 6) is 0.248. The van der Waals surface area contributed by atoms with E-state index in [0.717, 1.165) is 12.1 Å². The maximum absolute atomic E-state index is 10.0. The van der Waals surface area contributed by atoms with E-state index in [1.807, 2.05) is 32.3 Å². The van der Waals surface area contributed by atoms with Crippen molar-refractivity contribution < 1.29 is 5.11 Å². The van der Waals surface area contributed by atoms with Gasteiger partial charge in [-0.25, -0.2) is 0 Å². The maximum atomic E-state index is 10.0. The number of benzene rings is 1. The molecule has 2 aromatic rings. The maximum Gasteiger partial charge on any atom is 0.0827 e. The Kier molecular flexibility index (Phi) is 4.11. The van der Waals surface area contributed by atoms with Gasteiger partial charge in [0.25, 0.3) is 0 Å². The molecule has 1 aromatic heterocycles. The molecule has 1 atom stereocenters. The zero-order chi connectivity index (χ0) is 14.0. The smallest absolute Gasteiger partial charge is 0.0827 e. The van der Waals surface area contributed by atoms with Crippen LogP contribution < -0.4 is 0 Å². The van der Waals surface area contributed by atoms with Crippen molar-refractivity contribution in [2.45, 2.75) is 40.3 Å². The Morgan fingerprint density at radius 1 is 1.11 bits per heavy atom. The van der Waals surface area contributed by atoms with Crippen molar-refractivity contribution in [3.8, 4) is 0 Å². The van der Waals surface area contributed by atoms with Crippen LogP contribution in [-0.4, -0.2) is 9.67 Å². The van der Waals surface area contributed by atoms with Gasteiger partial charge in [-0.3, -0.25) is 0 Å². The zero-order valence-electron chi connectivity index (χ0n) is 12.2. The molecule has 1 heterocycles. The normalized spacial score (nSPS) is 12.9. The number of aliphatic hydroxyl groups is 1. The van der Waals surface area contributed by atoms with Crippen molar-refractivity contribution in [3.63, 3.8) is 0 Å². The van der Waals surface area contributed by atoms with Crippen LogP contribution in [0.1, 0.15) is 42.2 Å². The van der Waals surface area contributed by atoms with Crippen LogP contribution in [0.5, 0.6) is 0 Å². The number of hydrogen-bond acceptors (Lipinski definition) is 1. The summed E-state index contributed by atoms with van der Waals surface area (Å²) in [6.07, 6.45) is 3.71. The predicted octanol–water partition coefficient (Wildman–Crippen LogP) is 3.84. The molecular weight excluding hydrogens is 234 g/mol. The van der Waals surface area contributed by atoms with E-state index < -0.39 is 0 Å². The summed E-state index contributed by atoms with van der Waals surface area (Å²) in [6, 6.07) is 8.57. The van der Waals surface area contributed by atoms with Gasteiger partial charge in [-0.1, -0.05) is 32.0 Å². The quantitative estimate of drug-likeness (QED) is 0.884. The average Bonchev–Trinajstić information content (AvgIpc) is 2.81. The third-order valence-electron chi connectivity index (χ3n) is 3.68. The number of rotatable bonds is 4. The molecule has 0 fully saturated rings. The molecule has 1 unspecified atom stereocenters. The topological polar surface area (TPSA) is 25.2 Å². The lowest BCUT2D eigenvalue weighted by Crippen LogP contribution is -2.04. The molecule has 0 radical (unpaired) electrons. The summed E-state index contributed by atoms with van der Waals surface area (Å²) in [5.41, 5.74) is 4.95.